The van der Waals surface area contributed by atoms with Crippen LogP contribution in [0.1, 0.15) is 33.3 Å². The predicted octanol–water partition coefficient (Wildman–Crippen LogP) is 5.44. The Balaban J connectivity index is 1.44. The molecule has 0 aliphatic carbocycles. The van der Waals surface area contributed by atoms with Gasteiger partial charge in [-0.2, -0.15) is 0 Å². The summed E-state index contributed by atoms with van der Waals surface area (Å²) in [5, 5.41) is 1.64. The van der Waals surface area contributed by atoms with Gasteiger partial charge in [-0.3, -0.25) is 9.97 Å². The first kappa shape index (κ1) is 28.2. The van der Waals surface area contributed by atoms with E-state index >= 15 is 0 Å². The molecular weight excluding hydrogens is 512 g/mol. The highest BCUT2D eigenvalue weighted by molar-refractivity contribution is 7.89. The van der Waals surface area contributed by atoms with Crippen LogP contribution in [0.15, 0.2) is 90.3 Å². The summed E-state index contributed by atoms with van der Waals surface area (Å²) in [5.41, 5.74) is 2.54. The molecule has 2 heterocycles. The SMILES string of the molecule is C[C@H](CN(CCc1ccc(-c2ccncc2)cc1)C(=O)OC(C)(C)C)NS(=O)(=O)c1ccc2cnccc2c1. The quantitative estimate of drug-likeness (QED) is 0.300. The van der Waals surface area contributed by atoms with E-state index in [-0.39, 0.29) is 11.4 Å². The third kappa shape index (κ3) is 7.84. The number of hydrogen-bond donors (Lipinski definition) is 1. The molecule has 4 aromatic rings. The number of nitrogens with zero attached hydrogens (tertiary/aromatic N) is 3. The number of hydrogen-bond acceptors (Lipinski definition) is 6. The molecule has 0 radical (unpaired) electrons. The van der Waals surface area contributed by atoms with Crippen molar-refractivity contribution < 1.29 is 17.9 Å². The number of amides is 1. The maximum Gasteiger partial charge on any atom is 0.410 e. The van der Waals surface area contributed by atoms with Crippen LogP contribution in [0.5, 0.6) is 0 Å². The summed E-state index contributed by atoms with van der Waals surface area (Å²) in [6, 6.07) is 18.2. The number of ether oxygens (including phenoxy) is 1. The van der Waals surface area contributed by atoms with Crippen LogP contribution in [0, 0.1) is 0 Å². The minimum Gasteiger partial charge on any atom is -0.444 e. The van der Waals surface area contributed by atoms with Gasteiger partial charge in [0, 0.05) is 49.3 Å². The number of rotatable bonds is 9. The summed E-state index contributed by atoms with van der Waals surface area (Å²) in [6.45, 7) is 7.69. The van der Waals surface area contributed by atoms with Gasteiger partial charge < -0.3 is 9.64 Å². The van der Waals surface area contributed by atoms with Crippen LogP contribution in [-0.4, -0.2) is 54.1 Å². The van der Waals surface area contributed by atoms with E-state index in [1.807, 2.05) is 57.2 Å². The molecule has 9 heteroatoms. The molecule has 2 aromatic heterocycles. The van der Waals surface area contributed by atoms with Crippen molar-refractivity contribution in [1.29, 1.82) is 0 Å². The smallest absolute Gasteiger partial charge is 0.410 e. The van der Waals surface area contributed by atoms with Gasteiger partial charge in [-0.15, -0.1) is 0 Å². The molecule has 0 aliphatic rings. The lowest BCUT2D eigenvalue weighted by molar-refractivity contribution is 0.0241. The minimum absolute atomic E-state index is 0.154. The Morgan fingerprint density at radius 3 is 2.28 bits per heavy atom. The lowest BCUT2D eigenvalue weighted by atomic mass is 10.0. The molecule has 0 saturated carbocycles. The van der Waals surface area contributed by atoms with Gasteiger partial charge in [0.2, 0.25) is 10.0 Å². The second kappa shape index (κ2) is 11.9. The number of carbonyl (C=O) groups is 1. The largest absolute Gasteiger partial charge is 0.444 e. The van der Waals surface area contributed by atoms with Gasteiger partial charge in [0.15, 0.2) is 0 Å². The fourth-order valence-corrected chi connectivity index (χ4v) is 5.45. The van der Waals surface area contributed by atoms with Gasteiger partial charge in [0.05, 0.1) is 4.90 Å². The number of pyridine rings is 2. The molecule has 0 fully saturated rings. The van der Waals surface area contributed by atoms with Gasteiger partial charge in [-0.05, 0) is 86.5 Å². The van der Waals surface area contributed by atoms with Gasteiger partial charge in [0.1, 0.15) is 5.60 Å². The van der Waals surface area contributed by atoms with Crippen LogP contribution in [0.4, 0.5) is 4.79 Å². The highest BCUT2D eigenvalue weighted by atomic mass is 32.2. The molecule has 8 nitrogen and oxygen atoms in total. The van der Waals surface area contributed by atoms with E-state index in [0.29, 0.717) is 13.0 Å². The first-order chi connectivity index (χ1) is 18.5. The van der Waals surface area contributed by atoms with E-state index in [9.17, 15) is 13.2 Å². The normalized spacial score (nSPS) is 12.7. The topological polar surface area (TPSA) is 101 Å². The van der Waals surface area contributed by atoms with Crippen LogP contribution < -0.4 is 4.72 Å². The number of benzene rings is 2. The van der Waals surface area contributed by atoms with Crippen LogP contribution >= 0.6 is 0 Å². The molecule has 1 atom stereocenters. The number of aromatic nitrogens is 2. The van der Waals surface area contributed by atoms with Gasteiger partial charge >= 0.3 is 6.09 Å². The second-order valence-corrected chi connectivity index (χ2v) is 12.2. The third-order valence-corrected chi connectivity index (χ3v) is 7.65. The van der Waals surface area contributed by atoms with Crippen LogP contribution in [-0.2, 0) is 21.2 Å². The molecule has 0 bridgehead atoms. The maximum absolute atomic E-state index is 13.1. The Labute approximate surface area is 230 Å². The molecule has 1 N–H and O–H groups in total. The molecule has 0 saturated heterocycles. The number of fused-ring (bicyclic) bond motifs is 1. The standard InChI is InChI=1S/C30H34N4O4S/c1-22(33-39(36,37)28-10-9-27-20-32-17-13-26(27)19-28)21-34(29(35)38-30(2,3)4)18-14-23-5-7-24(8-6-23)25-11-15-31-16-12-25/h5-13,15-17,19-20,22,33H,14,18,21H2,1-4H3/t22-/m1/s1. The molecule has 204 valence electrons. The Kier molecular flexibility index (Phi) is 8.62. The molecular formula is C30H34N4O4S. The van der Waals surface area contributed by atoms with Crippen molar-refractivity contribution in [3.63, 3.8) is 0 Å². The van der Waals surface area contributed by atoms with Crippen LogP contribution in [0.2, 0.25) is 0 Å². The van der Waals surface area contributed by atoms with Crippen LogP contribution in [0.25, 0.3) is 21.9 Å². The van der Waals surface area contributed by atoms with E-state index in [1.54, 1.807) is 60.9 Å². The fraction of sp³-hybridized carbons (Fsp3) is 0.300. The molecule has 0 spiro atoms. The monoisotopic (exact) mass is 546 g/mol. The lowest BCUT2D eigenvalue weighted by Crippen LogP contribution is -2.46. The molecule has 1 amide bonds. The highest BCUT2D eigenvalue weighted by Crippen LogP contribution is 2.20. The summed E-state index contributed by atoms with van der Waals surface area (Å²) in [5.74, 6) is 0. The Morgan fingerprint density at radius 1 is 0.923 bits per heavy atom. The summed E-state index contributed by atoms with van der Waals surface area (Å²) in [4.78, 5) is 22.9. The van der Waals surface area contributed by atoms with Gasteiger partial charge in [-0.25, -0.2) is 17.9 Å². The average Bonchev–Trinajstić information content (AvgIpc) is 2.90. The van der Waals surface area contributed by atoms with Crippen molar-refractivity contribution in [1.82, 2.24) is 19.6 Å². The fourth-order valence-electron chi connectivity index (χ4n) is 4.19. The number of sulfonamides is 1. The van der Waals surface area contributed by atoms with Crippen molar-refractivity contribution in [2.75, 3.05) is 13.1 Å². The van der Waals surface area contributed by atoms with E-state index in [0.717, 1.165) is 27.5 Å². The molecule has 39 heavy (non-hydrogen) atoms. The predicted molar refractivity (Wildman–Crippen MR) is 153 cm³/mol. The van der Waals surface area contributed by atoms with Crippen molar-refractivity contribution in [2.24, 2.45) is 0 Å². The summed E-state index contributed by atoms with van der Waals surface area (Å²) >= 11 is 0. The maximum atomic E-state index is 13.1. The molecule has 0 aliphatic heterocycles. The van der Waals surface area contributed by atoms with Crippen molar-refractivity contribution >= 4 is 26.9 Å². The van der Waals surface area contributed by atoms with Crippen molar-refractivity contribution in [2.45, 2.75) is 50.7 Å². The van der Waals surface area contributed by atoms with E-state index in [1.165, 1.54) is 0 Å². The average molecular weight is 547 g/mol. The third-order valence-electron chi connectivity index (χ3n) is 6.06. The summed E-state index contributed by atoms with van der Waals surface area (Å²) in [7, 11) is -3.81. The van der Waals surface area contributed by atoms with E-state index in [2.05, 4.69) is 14.7 Å². The van der Waals surface area contributed by atoms with Gasteiger partial charge in [-0.1, -0.05) is 30.3 Å². The number of carbonyl (C=O) groups excluding carboxylic acids is 1. The van der Waals surface area contributed by atoms with Crippen molar-refractivity contribution in [3.05, 3.63) is 91.0 Å². The van der Waals surface area contributed by atoms with Gasteiger partial charge in [0.25, 0.3) is 0 Å². The number of nitrogens with one attached hydrogen (secondary N) is 1. The Bertz CT molecular complexity index is 1520. The van der Waals surface area contributed by atoms with Crippen molar-refractivity contribution in [3.8, 4) is 11.1 Å². The summed E-state index contributed by atoms with van der Waals surface area (Å²) < 4.78 is 34.6. The minimum atomic E-state index is -3.81. The molecule has 2 aromatic carbocycles. The highest BCUT2D eigenvalue weighted by Gasteiger charge is 2.26. The lowest BCUT2D eigenvalue weighted by Gasteiger charge is -2.29. The second-order valence-electron chi connectivity index (χ2n) is 10.5. The first-order valence-corrected chi connectivity index (χ1v) is 14.3. The zero-order chi connectivity index (χ0) is 28.0. The van der Waals surface area contributed by atoms with Crippen LogP contribution in [0.3, 0.4) is 0 Å². The molecule has 4 rings (SSSR count). The Morgan fingerprint density at radius 2 is 1.59 bits per heavy atom. The zero-order valence-electron chi connectivity index (χ0n) is 22.7. The first-order valence-electron chi connectivity index (χ1n) is 12.8. The van der Waals surface area contributed by atoms with E-state index in [4.69, 9.17) is 4.74 Å². The zero-order valence-corrected chi connectivity index (χ0v) is 23.5. The Hall–Kier alpha value is -3.82. The molecule has 0 unspecified atom stereocenters. The summed E-state index contributed by atoms with van der Waals surface area (Å²) in [6.07, 6.45) is 6.94. The van der Waals surface area contributed by atoms with E-state index < -0.39 is 27.8 Å².